The molecule has 0 aliphatic carbocycles. The molecule has 1 atom stereocenters. The Bertz CT molecular complexity index is 607. The van der Waals surface area contributed by atoms with Crippen molar-refractivity contribution >= 4 is 6.03 Å². The molecule has 22 heavy (non-hydrogen) atoms. The molecule has 2 N–H and O–H groups in total. The van der Waals surface area contributed by atoms with Gasteiger partial charge < -0.3 is 15.4 Å². The molecule has 0 fully saturated rings. The van der Waals surface area contributed by atoms with Crippen LogP contribution in [0.1, 0.15) is 12.5 Å². The van der Waals surface area contributed by atoms with Crippen LogP contribution in [0.2, 0.25) is 0 Å². The number of benzene rings is 1. The van der Waals surface area contributed by atoms with Gasteiger partial charge in [-0.2, -0.15) is 0 Å². The van der Waals surface area contributed by atoms with E-state index in [0.29, 0.717) is 6.54 Å². The zero-order valence-electron chi connectivity index (χ0n) is 12.3. The van der Waals surface area contributed by atoms with Crippen LogP contribution in [0.15, 0.2) is 48.8 Å². The lowest BCUT2D eigenvalue weighted by Gasteiger charge is -2.16. The van der Waals surface area contributed by atoms with Crippen molar-refractivity contribution < 1.29 is 13.9 Å². The minimum absolute atomic E-state index is 0.174. The van der Waals surface area contributed by atoms with E-state index in [-0.39, 0.29) is 24.4 Å². The Morgan fingerprint density at radius 1 is 1.27 bits per heavy atom. The quantitative estimate of drug-likeness (QED) is 0.862. The third-order valence-corrected chi connectivity index (χ3v) is 2.91. The molecule has 0 radical (unpaired) electrons. The number of ether oxygens (including phenoxy) is 1. The highest BCUT2D eigenvalue weighted by Crippen LogP contribution is 2.15. The normalized spacial score (nSPS) is 11.5. The number of nitrogens with zero attached hydrogens (tertiary/aromatic N) is 1. The molecule has 116 valence electrons. The minimum Gasteiger partial charge on any atom is -0.488 e. The molecule has 1 unspecified atom stereocenters. The summed E-state index contributed by atoms with van der Waals surface area (Å²) >= 11 is 0. The molecule has 1 aromatic carbocycles. The zero-order chi connectivity index (χ0) is 15.8. The molecule has 2 aromatic rings. The number of hydrogen-bond acceptors (Lipinski definition) is 3. The maximum atomic E-state index is 13.4. The number of halogens is 1. The fourth-order valence-corrected chi connectivity index (χ4v) is 1.78. The lowest BCUT2D eigenvalue weighted by molar-refractivity contribution is 0.224. The second kappa shape index (κ2) is 7.97. The number of carbonyl (C=O) groups excluding carboxylic acids is 1. The van der Waals surface area contributed by atoms with E-state index in [1.807, 2.05) is 12.1 Å². The maximum Gasteiger partial charge on any atom is 0.315 e. The summed E-state index contributed by atoms with van der Waals surface area (Å²) in [6.45, 7) is 2.38. The Hall–Kier alpha value is -2.63. The van der Waals surface area contributed by atoms with E-state index < -0.39 is 5.82 Å². The third-order valence-electron chi connectivity index (χ3n) is 2.91. The van der Waals surface area contributed by atoms with Gasteiger partial charge in [0.25, 0.3) is 0 Å². The van der Waals surface area contributed by atoms with Gasteiger partial charge in [-0.05, 0) is 36.8 Å². The second-order valence-corrected chi connectivity index (χ2v) is 4.82. The van der Waals surface area contributed by atoms with Crippen molar-refractivity contribution in [2.75, 3.05) is 6.61 Å². The highest BCUT2D eigenvalue weighted by atomic mass is 19.1. The molecule has 0 saturated heterocycles. The summed E-state index contributed by atoms with van der Waals surface area (Å²) in [4.78, 5) is 15.6. The molecule has 2 amide bonds. The van der Waals surface area contributed by atoms with Crippen molar-refractivity contribution in [3.8, 4) is 5.75 Å². The Labute approximate surface area is 128 Å². The molecule has 2 rings (SSSR count). The SMILES string of the molecule is CC(COc1ccccc1F)NC(=O)NCc1ccncc1. The van der Waals surface area contributed by atoms with Gasteiger partial charge in [-0.15, -0.1) is 0 Å². The van der Waals surface area contributed by atoms with Gasteiger partial charge in [0.05, 0.1) is 6.04 Å². The van der Waals surface area contributed by atoms with Gasteiger partial charge in [-0.25, -0.2) is 9.18 Å². The van der Waals surface area contributed by atoms with Crippen LogP contribution in [0, 0.1) is 5.82 Å². The number of hydrogen-bond donors (Lipinski definition) is 2. The van der Waals surface area contributed by atoms with Gasteiger partial charge in [0, 0.05) is 18.9 Å². The molecule has 0 aliphatic rings. The summed E-state index contributed by atoms with van der Waals surface area (Å²) in [5.41, 5.74) is 0.959. The molecule has 0 aliphatic heterocycles. The summed E-state index contributed by atoms with van der Waals surface area (Å²) in [5, 5.41) is 5.46. The van der Waals surface area contributed by atoms with E-state index in [4.69, 9.17) is 4.74 Å². The van der Waals surface area contributed by atoms with E-state index >= 15 is 0 Å². The number of rotatable bonds is 6. The lowest BCUT2D eigenvalue weighted by Crippen LogP contribution is -2.43. The monoisotopic (exact) mass is 303 g/mol. The fraction of sp³-hybridized carbons (Fsp3) is 0.250. The smallest absolute Gasteiger partial charge is 0.315 e. The van der Waals surface area contributed by atoms with Crippen LogP contribution in [0.25, 0.3) is 0 Å². The Balaban J connectivity index is 1.71. The highest BCUT2D eigenvalue weighted by Gasteiger charge is 2.09. The molecular formula is C16H18FN3O2. The Kier molecular flexibility index (Phi) is 5.71. The number of para-hydroxylation sites is 1. The summed E-state index contributed by atoms with van der Waals surface area (Å²) in [6.07, 6.45) is 3.33. The van der Waals surface area contributed by atoms with E-state index in [1.54, 1.807) is 37.5 Å². The van der Waals surface area contributed by atoms with Gasteiger partial charge in [0.2, 0.25) is 0 Å². The lowest BCUT2D eigenvalue weighted by atomic mass is 10.3. The Morgan fingerprint density at radius 3 is 2.73 bits per heavy atom. The predicted molar refractivity (Wildman–Crippen MR) is 81.0 cm³/mol. The van der Waals surface area contributed by atoms with Crippen molar-refractivity contribution in [2.45, 2.75) is 19.5 Å². The van der Waals surface area contributed by atoms with Crippen molar-refractivity contribution in [3.05, 3.63) is 60.2 Å². The molecule has 1 aromatic heterocycles. The first-order chi connectivity index (χ1) is 10.6. The van der Waals surface area contributed by atoms with Crippen molar-refractivity contribution in [3.63, 3.8) is 0 Å². The topological polar surface area (TPSA) is 63.2 Å². The Morgan fingerprint density at radius 2 is 2.00 bits per heavy atom. The van der Waals surface area contributed by atoms with Gasteiger partial charge in [0.1, 0.15) is 6.61 Å². The summed E-state index contributed by atoms with van der Waals surface area (Å²) < 4.78 is 18.7. The number of pyridine rings is 1. The average Bonchev–Trinajstić information content (AvgIpc) is 2.53. The number of amides is 2. The molecular weight excluding hydrogens is 285 g/mol. The number of carbonyl (C=O) groups is 1. The van der Waals surface area contributed by atoms with E-state index in [0.717, 1.165) is 5.56 Å². The summed E-state index contributed by atoms with van der Waals surface area (Å²) in [7, 11) is 0. The van der Waals surface area contributed by atoms with Gasteiger partial charge >= 0.3 is 6.03 Å². The molecule has 0 saturated carbocycles. The molecule has 6 heteroatoms. The predicted octanol–water partition coefficient (Wildman–Crippen LogP) is 2.49. The van der Waals surface area contributed by atoms with Gasteiger partial charge in [-0.1, -0.05) is 12.1 Å². The zero-order valence-corrected chi connectivity index (χ0v) is 12.3. The molecule has 0 spiro atoms. The van der Waals surface area contributed by atoms with Crippen LogP contribution < -0.4 is 15.4 Å². The summed E-state index contributed by atoms with van der Waals surface area (Å²) in [5.74, 6) is -0.245. The number of urea groups is 1. The van der Waals surface area contributed by atoms with Crippen LogP contribution >= 0.6 is 0 Å². The van der Waals surface area contributed by atoms with Crippen molar-refractivity contribution in [1.29, 1.82) is 0 Å². The summed E-state index contributed by atoms with van der Waals surface area (Å²) in [6, 6.07) is 9.25. The van der Waals surface area contributed by atoms with Crippen LogP contribution in [-0.2, 0) is 6.54 Å². The van der Waals surface area contributed by atoms with Gasteiger partial charge in [0.15, 0.2) is 11.6 Å². The van der Waals surface area contributed by atoms with Crippen molar-refractivity contribution in [1.82, 2.24) is 15.6 Å². The van der Waals surface area contributed by atoms with Crippen LogP contribution in [0.5, 0.6) is 5.75 Å². The van der Waals surface area contributed by atoms with Crippen molar-refractivity contribution in [2.24, 2.45) is 0 Å². The molecule has 0 bridgehead atoms. The van der Waals surface area contributed by atoms with Gasteiger partial charge in [-0.3, -0.25) is 4.98 Å². The second-order valence-electron chi connectivity index (χ2n) is 4.82. The van der Waals surface area contributed by atoms with E-state index in [1.165, 1.54) is 6.07 Å². The van der Waals surface area contributed by atoms with Crippen LogP contribution in [0.4, 0.5) is 9.18 Å². The highest BCUT2D eigenvalue weighted by molar-refractivity contribution is 5.74. The average molecular weight is 303 g/mol. The minimum atomic E-state index is -0.420. The number of nitrogens with one attached hydrogen (secondary N) is 2. The third kappa shape index (κ3) is 5.05. The number of aromatic nitrogens is 1. The first-order valence-corrected chi connectivity index (χ1v) is 6.96. The molecule has 5 nitrogen and oxygen atoms in total. The van der Waals surface area contributed by atoms with E-state index in [9.17, 15) is 9.18 Å². The standard InChI is InChI=1S/C16H18FN3O2/c1-12(11-22-15-5-3-2-4-14(15)17)20-16(21)19-10-13-6-8-18-9-7-13/h2-9,12H,10-11H2,1H3,(H2,19,20,21). The maximum absolute atomic E-state index is 13.4. The van der Waals surface area contributed by atoms with Crippen LogP contribution in [-0.4, -0.2) is 23.7 Å². The first kappa shape index (κ1) is 15.8. The first-order valence-electron chi connectivity index (χ1n) is 6.96. The molecule has 1 heterocycles. The van der Waals surface area contributed by atoms with Crippen LogP contribution in [0.3, 0.4) is 0 Å². The largest absolute Gasteiger partial charge is 0.488 e. The van der Waals surface area contributed by atoms with E-state index in [2.05, 4.69) is 15.6 Å². The fourth-order valence-electron chi connectivity index (χ4n) is 1.78.